The topological polar surface area (TPSA) is 46.5 Å². The van der Waals surface area contributed by atoms with E-state index in [1.807, 2.05) is 0 Å². The van der Waals surface area contributed by atoms with Gasteiger partial charge in [0.15, 0.2) is 5.78 Å². The minimum Gasteiger partial charge on any atom is -0.508 e. The van der Waals surface area contributed by atoms with Crippen molar-refractivity contribution in [3.05, 3.63) is 23.8 Å². The lowest BCUT2D eigenvalue weighted by atomic mass is 10.0. The summed E-state index contributed by atoms with van der Waals surface area (Å²) in [6.07, 6.45) is -0.648. The van der Waals surface area contributed by atoms with Crippen molar-refractivity contribution < 1.29 is 19.0 Å². The van der Waals surface area contributed by atoms with Gasteiger partial charge in [-0.1, -0.05) is 0 Å². The van der Waals surface area contributed by atoms with Gasteiger partial charge in [-0.25, -0.2) is 4.39 Å². The summed E-state index contributed by atoms with van der Waals surface area (Å²) in [5, 5.41) is 9.15. The summed E-state index contributed by atoms with van der Waals surface area (Å²) >= 11 is 0. The Balaban J connectivity index is 2.40. The van der Waals surface area contributed by atoms with Crippen molar-refractivity contribution in [2.75, 3.05) is 6.67 Å². The summed E-state index contributed by atoms with van der Waals surface area (Å²) in [5.41, 5.74) is 0.410. The average Bonchev–Trinajstić information content (AvgIpc) is 2.16. The Hall–Kier alpha value is -1.58. The van der Waals surface area contributed by atoms with E-state index in [1.54, 1.807) is 0 Å². The Morgan fingerprint density at radius 1 is 1.57 bits per heavy atom. The molecule has 4 heteroatoms. The van der Waals surface area contributed by atoms with E-state index < -0.39 is 12.8 Å². The van der Waals surface area contributed by atoms with Gasteiger partial charge in [-0.3, -0.25) is 4.79 Å². The molecule has 0 radical (unpaired) electrons. The van der Waals surface area contributed by atoms with Crippen LogP contribution in [-0.2, 0) is 0 Å². The molecule has 0 spiro atoms. The van der Waals surface area contributed by atoms with Crippen molar-refractivity contribution in [2.45, 2.75) is 12.5 Å². The molecule has 0 fully saturated rings. The van der Waals surface area contributed by atoms with Crippen LogP contribution in [0.4, 0.5) is 4.39 Å². The van der Waals surface area contributed by atoms with E-state index >= 15 is 0 Å². The first kappa shape index (κ1) is 8.99. The molecule has 0 bridgehead atoms. The molecule has 0 amide bonds. The molecule has 1 aromatic rings. The molecule has 1 aliphatic heterocycles. The molecule has 1 N–H and O–H groups in total. The molecule has 0 saturated heterocycles. The summed E-state index contributed by atoms with van der Waals surface area (Å²) in [5.74, 6) is 0.133. The van der Waals surface area contributed by atoms with Crippen molar-refractivity contribution in [1.82, 2.24) is 0 Å². The lowest BCUT2D eigenvalue weighted by molar-refractivity contribution is 0.0807. The van der Waals surface area contributed by atoms with Gasteiger partial charge in [-0.05, 0) is 12.1 Å². The number of benzene rings is 1. The molecule has 2 rings (SSSR count). The van der Waals surface area contributed by atoms with E-state index in [0.717, 1.165) is 0 Å². The van der Waals surface area contributed by atoms with Crippen molar-refractivity contribution >= 4 is 5.78 Å². The first-order chi connectivity index (χ1) is 6.70. The van der Waals surface area contributed by atoms with Crippen LogP contribution < -0.4 is 4.74 Å². The number of hydrogen-bond donors (Lipinski definition) is 1. The molecule has 3 nitrogen and oxygen atoms in total. The van der Waals surface area contributed by atoms with Gasteiger partial charge in [0.1, 0.15) is 24.3 Å². The van der Waals surface area contributed by atoms with Crippen LogP contribution in [0.15, 0.2) is 18.2 Å². The number of halogens is 1. The maximum absolute atomic E-state index is 12.3. The van der Waals surface area contributed by atoms with E-state index in [4.69, 9.17) is 9.84 Å². The highest BCUT2D eigenvalue weighted by Crippen LogP contribution is 2.30. The van der Waals surface area contributed by atoms with Crippen LogP contribution in [0.1, 0.15) is 16.8 Å². The minimum absolute atomic E-state index is 0.0102. The fourth-order valence-corrected chi connectivity index (χ4v) is 1.46. The number of hydrogen-bond acceptors (Lipinski definition) is 3. The summed E-state index contributed by atoms with van der Waals surface area (Å²) in [4.78, 5) is 11.4. The van der Waals surface area contributed by atoms with E-state index in [0.29, 0.717) is 5.56 Å². The van der Waals surface area contributed by atoms with Crippen LogP contribution in [0.5, 0.6) is 11.5 Å². The third kappa shape index (κ3) is 1.43. The first-order valence-electron chi connectivity index (χ1n) is 4.29. The van der Waals surface area contributed by atoms with Crippen molar-refractivity contribution in [2.24, 2.45) is 0 Å². The summed E-state index contributed by atoms with van der Waals surface area (Å²) < 4.78 is 17.5. The number of aromatic hydroxyl groups is 1. The molecule has 1 aromatic carbocycles. The highest BCUT2D eigenvalue weighted by atomic mass is 19.1. The summed E-state index contributed by atoms with van der Waals surface area (Å²) in [6, 6.07) is 4.23. The molecule has 0 aromatic heterocycles. The number of phenolic OH excluding ortho intramolecular Hbond substituents is 1. The fourth-order valence-electron chi connectivity index (χ4n) is 1.46. The van der Waals surface area contributed by atoms with Crippen LogP contribution in [0.3, 0.4) is 0 Å². The standard InChI is InChI=1S/C10H9FO3/c11-5-7-4-9(13)8-2-1-6(12)3-10(8)14-7/h1-3,7,12H,4-5H2. The molecule has 14 heavy (non-hydrogen) atoms. The Labute approximate surface area is 80.1 Å². The molecule has 1 heterocycles. The first-order valence-corrected chi connectivity index (χ1v) is 4.29. The zero-order chi connectivity index (χ0) is 10.1. The van der Waals surface area contributed by atoms with Gasteiger partial charge in [-0.2, -0.15) is 0 Å². The van der Waals surface area contributed by atoms with Crippen molar-refractivity contribution in [3.63, 3.8) is 0 Å². The predicted octanol–water partition coefficient (Wildman–Crippen LogP) is 1.70. The third-order valence-electron chi connectivity index (χ3n) is 2.14. The second-order valence-electron chi connectivity index (χ2n) is 3.20. The number of carbonyl (C=O) groups is 1. The van der Waals surface area contributed by atoms with Crippen molar-refractivity contribution in [3.8, 4) is 11.5 Å². The summed E-state index contributed by atoms with van der Waals surface area (Å²) in [7, 11) is 0. The van der Waals surface area contributed by atoms with Gasteiger partial charge in [-0.15, -0.1) is 0 Å². The molecule has 1 aliphatic rings. The molecule has 1 unspecified atom stereocenters. The monoisotopic (exact) mass is 196 g/mol. The second kappa shape index (κ2) is 3.29. The number of rotatable bonds is 1. The van der Waals surface area contributed by atoms with Crippen LogP contribution in [0, 0.1) is 0 Å². The number of alkyl halides is 1. The predicted molar refractivity (Wildman–Crippen MR) is 47.4 cm³/mol. The highest BCUT2D eigenvalue weighted by molar-refractivity contribution is 6.00. The fraction of sp³-hybridized carbons (Fsp3) is 0.300. The molecule has 74 valence electrons. The molecular formula is C10H9FO3. The second-order valence-corrected chi connectivity index (χ2v) is 3.20. The van der Waals surface area contributed by atoms with Crippen molar-refractivity contribution in [1.29, 1.82) is 0 Å². The minimum atomic E-state index is -0.711. The third-order valence-corrected chi connectivity index (χ3v) is 2.14. The zero-order valence-electron chi connectivity index (χ0n) is 7.37. The quantitative estimate of drug-likeness (QED) is 0.743. The number of ether oxygens (including phenoxy) is 1. The Morgan fingerprint density at radius 2 is 2.36 bits per heavy atom. The molecule has 0 saturated carbocycles. The van der Waals surface area contributed by atoms with Crippen LogP contribution in [-0.4, -0.2) is 23.7 Å². The van der Waals surface area contributed by atoms with E-state index in [-0.39, 0.29) is 23.7 Å². The van der Waals surface area contributed by atoms with Crippen LogP contribution in [0.25, 0.3) is 0 Å². The number of ketones is 1. The smallest absolute Gasteiger partial charge is 0.170 e. The van der Waals surface area contributed by atoms with E-state index in [2.05, 4.69) is 0 Å². The normalized spacial score (nSPS) is 20.1. The van der Waals surface area contributed by atoms with Gasteiger partial charge < -0.3 is 9.84 Å². The van der Waals surface area contributed by atoms with E-state index in [9.17, 15) is 9.18 Å². The van der Waals surface area contributed by atoms with E-state index in [1.165, 1.54) is 18.2 Å². The molecular weight excluding hydrogens is 187 g/mol. The number of carbonyl (C=O) groups excluding carboxylic acids is 1. The van der Waals surface area contributed by atoms with Crippen LogP contribution >= 0.6 is 0 Å². The maximum Gasteiger partial charge on any atom is 0.170 e. The van der Waals surface area contributed by atoms with Gasteiger partial charge >= 0.3 is 0 Å². The van der Waals surface area contributed by atoms with Gasteiger partial charge in [0, 0.05) is 6.07 Å². The Morgan fingerprint density at radius 3 is 3.07 bits per heavy atom. The lowest BCUT2D eigenvalue weighted by Gasteiger charge is -2.22. The van der Waals surface area contributed by atoms with Gasteiger partial charge in [0.25, 0.3) is 0 Å². The number of phenols is 1. The Bertz CT molecular complexity index is 376. The number of fused-ring (bicyclic) bond motifs is 1. The lowest BCUT2D eigenvalue weighted by Crippen LogP contribution is -2.28. The zero-order valence-corrected chi connectivity index (χ0v) is 7.37. The Kier molecular flexibility index (Phi) is 2.11. The SMILES string of the molecule is O=C1CC(CF)Oc2cc(O)ccc21. The van der Waals surface area contributed by atoms with Gasteiger partial charge in [0.05, 0.1) is 12.0 Å². The largest absolute Gasteiger partial charge is 0.508 e. The highest BCUT2D eigenvalue weighted by Gasteiger charge is 2.26. The summed E-state index contributed by atoms with van der Waals surface area (Å²) in [6.45, 7) is -0.694. The van der Waals surface area contributed by atoms with Crippen LogP contribution in [0.2, 0.25) is 0 Å². The number of Topliss-reactive ketones (excluding diaryl/α,β-unsaturated/α-hetero) is 1. The molecule has 0 aliphatic carbocycles. The molecule has 1 atom stereocenters. The van der Waals surface area contributed by atoms with Gasteiger partial charge in [0.2, 0.25) is 0 Å². The maximum atomic E-state index is 12.3. The average molecular weight is 196 g/mol.